The first-order valence-corrected chi connectivity index (χ1v) is 15.1. The molecule has 208 valence electrons. The SMILES string of the molecule is CC(C)NC(=O)C(Cc1ccccc1)N(Cc1ccc(Cl)cc1Cl)C(=O)CN(c1cccc(Cl)c1)S(C)(=O)=O. The normalized spacial score (nSPS) is 12.2. The lowest BCUT2D eigenvalue weighted by Gasteiger charge is -2.34. The third kappa shape index (κ3) is 8.86. The number of amides is 2. The summed E-state index contributed by atoms with van der Waals surface area (Å²) in [4.78, 5) is 28.9. The number of nitrogens with one attached hydrogen (secondary N) is 1. The van der Waals surface area contributed by atoms with Gasteiger partial charge in [0, 0.05) is 34.1 Å². The topological polar surface area (TPSA) is 86.8 Å². The van der Waals surface area contributed by atoms with Crippen LogP contribution in [0, 0.1) is 0 Å². The predicted molar refractivity (Wildman–Crippen MR) is 158 cm³/mol. The molecule has 0 radical (unpaired) electrons. The van der Waals surface area contributed by atoms with Crippen molar-refractivity contribution in [1.29, 1.82) is 0 Å². The standard InChI is InChI=1S/C28H30Cl3N3O4S/c1-19(2)32-28(36)26(14-20-8-5-4-6-9-20)33(17-21-12-13-23(30)16-25(21)31)27(35)18-34(39(3,37)38)24-11-7-10-22(29)15-24/h4-13,15-16,19,26H,14,17-18H2,1-3H3,(H,32,36). The van der Waals surface area contributed by atoms with E-state index < -0.39 is 28.5 Å². The summed E-state index contributed by atoms with van der Waals surface area (Å²) in [7, 11) is -3.89. The minimum Gasteiger partial charge on any atom is -0.352 e. The van der Waals surface area contributed by atoms with Gasteiger partial charge in [0.1, 0.15) is 12.6 Å². The number of hydrogen-bond acceptors (Lipinski definition) is 4. The molecular formula is C28H30Cl3N3O4S. The fourth-order valence-corrected chi connectivity index (χ4v) is 5.51. The van der Waals surface area contributed by atoms with E-state index in [1.165, 1.54) is 11.0 Å². The van der Waals surface area contributed by atoms with Crippen molar-refractivity contribution in [1.82, 2.24) is 10.2 Å². The number of halogens is 3. The van der Waals surface area contributed by atoms with E-state index in [0.717, 1.165) is 16.1 Å². The first-order valence-electron chi connectivity index (χ1n) is 12.2. The number of anilines is 1. The summed E-state index contributed by atoms with van der Waals surface area (Å²) in [5.41, 5.74) is 1.61. The number of sulfonamides is 1. The largest absolute Gasteiger partial charge is 0.352 e. The summed E-state index contributed by atoms with van der Waals surface area (Å²) in [6.45, 7) is 3.05. The molecule has 0 fully saturated rings. The summed E-state index contributed by atoms with van der Waals surface area (Å²) in [5.74, 6) is -0.966. The number of hydrogen-bond donors (Lipinski definition) is 1. The highest BCUT2D eigenvalue weighted by atomic mass is 35.5. The van der Waals surface area contributed by atoms with Crippen molar-refractivity contribution in [2.45, 2.75) is 38.9 Å². The first kappa shape index (κ1) is 30.8. The fourth-order valence-electron chi connectivity index (χ4n) is 4.01. The number of benzene rings is 3. The summed E-state index contributed by atoms with van der Waals surface area (Å²) in [6, 6.07) is 19.2. The van der Waals surface area contributed by atoms with E-state index in [1.807, 2.05) is 44.2 Å². The van der Waals surface area contributed by atoms with Crippen LogP contribution >= 0.6 is 34.8 Å². The molecule has 0 aliphatic rings. The van der Waals surface area contributed by atoms with Crippen molar-refractivity contribution in [3.05, 3.63) is 99.0 Å². The van der Waals surface area contributed by atoms with E-state index in [9.17, 15) is 18.0 Å². The van der Waals surface area contributed by atoms with Gasteiger partial charge < -0.3 is 10.2 Å². The third-order valence-corrected chi connectivity index (χ3v) is 7.80. The molecule has 1 atom stereocenters. The van der Waals surface area contributed by atoms with Crippen LogP contribution in [0.25, 0.3) is 0 Å². The Bertz CT molecular complexity index is 1420. The van der Waals surface area contributed by atoms with E-state index in [-0.39, 0.29) is 30.6 Å². The molecule has 1 unspecified atom stereocenters. The molecule has 3 aromatic rings. The van der Waals surface area contributed by atoms with Crippen molar-refractivity contribution in [2.75, 3.05) is 17.1 Å². The van der Waals surface area contributed by atoms with Crippen LogP contribution in [0.3, 0.4) is 0 Å². The van der Waals surface area contributed by atoms with Crippen molar-refractivity contribution in [3.8, 4) is 0 Å². The van der Waals surface area contributed by atoms with Crippen LogP contribution in [0.1, 0.15) is 25.0 Å². The second-order valence-electron chi connectivity index (χ2n) is 9.38. The van der Waals surface area contributed by atoms with Gasteiger partial charge in [0.25, 0.3) is 0 Å². The Balaban J connectivity index is 2.08. The van der Waals surface area contributed by atoms with E-state index in [4.69, 9.17) is 34.8 Å². The van der Waals surface area contributed by atoms with Gasteiger partial charge in [0.15, 0.2) is 0 Å². The Morgan fingerprint density at radius 1 is 0.897 bits per heavy atom. The van der Waals surface area contributed by atoms with Crippen LogP contribution in [0.5, 0.6) is 0 Å². The van der Waals surface area contributed by atoms with Gasteiger partial charge in [-0.3, -0.25) is 13.9 Å². The molecule has 0 aliphatic heterocycles. The monoisotopic (exact) mass is 609 g/mol. The lowest BCUT2D eigenvalue weighted by Crippen LogP contribution is -2.54. The minimum atomic E-state index is -3.89. The quantitative estimate of drug-likeness (QED) is 0.307. The molecule has 11 heteroatoms. The fraction of sp³-hybridized carbons (Fsp3) is 0.286. The molecule has 2 amide bonds. The molecule has 39 heavy (non-hydrogen) atoms. The number of carbonyl (C=O) groups excluding carboxylic acids is 2. The van der Waals surface area contributed by atoms with Crippen LogP contribution in [0.4, 0.5) is 5.69 Å². The van der Waals surface area contributed by atoms with Crippen molar-refractivity contribution >= 4 is 62.3 Å². The van der Waals surface area contributed by atoms with Crippen molar-refractivity contribution < 1.29 is 18.0 Å². The van der Waals surface area contributed by atoms with Gasteiger partial charge >= 0.3 is 0 Å². The van der Waals surface area contributed by atoms with E-state index >= 15 is 0 Å². The van der Waals surface area contributed by atoms with Crippen LogP contribution in [0.2, 0.25) is 15.1 Å². The van der Waals surface area contributed by atoms with E-state index in [2.05, 4.69) is 5.32 Å². The molecule has 0 spiro atoms. The number of nitrogens with zero attached hydrogens (tertiary/aromatic N) is 2. The average Bonchev–Trinajstić information content (AvgIpc) is 2.85. The highest BCUT2D eigenvalue weighted by Crippen LogP contribution is 2.26. The lowest BCUT2D eigenvalue weighted by molar-refractivity contribution is -0.140. The average molecular weight is 611 g/mol. The van der Waals surface area contributed by atoms with Crippen molar-refractivity contribution in [2.24, 2.45) is 0 Å². The molecule has 3 aromatic carbocycles. The third-order valence-electron chi connectivity index (χ3n) is 5.83. The molecule has 0 bridgehead atoms. The molecule has 0 aromatic heterocycles. The van der Waals surface area contributed by atoms with E-state index in [1.54, 1.807) is 36.4 Å². The Morgan fingerprint density at radius 3 is 2.15 bits per heavy atom. The highest BCUT2D eigenvalue weighted by molar-refractivity contribution is 7.92. The Kier molecular flexibility index (Phi) is 10.7. The van der Waals surface area contributed by atoms with Gasteiger partial charge in [-0.25, -0.2) is 8.42 Å². The summed E-state index contributed by atoms with van der Waals surface area (Å²) in [6.07, 6.45) is 1.21. The molecule has 3 rings (SSSR count). The maximum atomic E-state index is 14.0. The van der Waals surface area contributed by atoms with Gasteiger partial charge in [0.05, 0.1) is 11.9 Å². The molecule has 0 saturated carbocycles. The number of rotatable bonds is 11. The van der Waals surface area contributed by atoms with E-state index in [0.29, 0.717) is 20.6 Å². The summed E-state index contributed by atoms with van der Waals surface area (Å²) >= 11 is 18.6. The second-order valence-corrected chi connectivity index (χ2v) is 12.6. The van der Waals surface area contributed by atoms with Gasteiger partial charge in [-0.15, -0.1) is 0 Å². The van der Waals surface area contributed by atoms with Crippen LogP contribution in [-0.4, -0.2) is 50.0 Å². The lowest BCUT2D eigenvalue weighted by atomic mass is 10.0. The Morgan fingerprint density at radius 2 is 1.56 bits per heavy atom. The molecule has 0 saturated heterocycles. The molecule has 0 aliphatic carbocycles. The van der Waals surface area contributed by atoms with Crippen LogP contribution in [-0.2, 0) is 32.6 Å². The zero-order chi connectivity index (χ0) is 28.7. The summed E-state index contributed by atoms with van der Waals surface area (Å²) < 4.78 is 26.5. The second kappa shape index (κ2) is 13.5. The molecule has 7 nitrogen and oxygen atoms in total. The zero-order valence-corrected chi connectivity index (χ0v) is 24.9. The molecule has 0 heterocycles. The Hall–Kier alpha value is -2.78. The van der Waals surface area contributed by atoms with Gasteiger partial charge in [-0.1, -0.05) is 77.3 Å². The molecule has 1 N–H and O–H groups in total. The Labute approximate surface area is 244 Å². The predicted octanol–water partition coefficient (Wildman–Crippen LogP) is 5.58. The summed E-state index contributed by atoms with van der Waals surface area (Å²) in [5, 5.41) is 3.95. The van der Waals surface area contributed by atoms with Gasteiger partial charge in [-0.2, -0.15) is 0 Å². The first-order chi connectivity index (χ1) is 18.3. The van der Waals surface area contributed by atoms with Gasteiger partial charge in [-0.05, 0) is 55.3 Å². The number of carbonyl (C=O) groups is 2. The van der Waals surface area contributed by atoms with Gasteiger partial charge in [0.2, 0.25) is 21.8 Å². The minimum absolute atomic E-state index is 0.0506. The zero-order valence-electron chi connectivity index (χ0n) is 21.8. The highest BCUT2D eigenvalue weighted by Gasteiger charge is 2.33. The maximum absolute atomic E-state index is 14.0. The maximum Gasteiger partial charge on any atom is 0.244 e. The van der Waals surface area contributed by atoms with Crippen LogP contribution in [0.15, 0.2) is 72.8 Å². The smallest absolute Gasteiger partial charge is 0.244 e. The van der Waals surface area contributed by atoms with Crippen molar-refractivity contribution in [3.63, 3.8) is 0 Å². The molecular weight excluding hydrogens is 581 g/mol. The van der Waals surface area contributed by atoms with Crippen LogP contribution < -0.4 is 9.62 Å².